The molecule has 0 bridgehead atoms. The van der Waals surface area contributed by atoms with Crippen LogP contribution in [0.25, 0.3) is 0 Å². The number of hydrogen-bond donors (Lipinski definition) is 2. The molecule has 0 aromatic heterocycles. The molecule has 1 saturated heterocycles. The van der Waals surface area contributed by atoms with Crippen molar-refractivity contribution in [3.05, 3.63) is 0 Å². The van der Waals surface area contributed by atoms with E-state index in [1.807, 2.05) is 11.8 Å². The normalized spacial score (nSPS) is 32.7. The summed E-state index contributed by atoms with van der Waals surface area (Å²) in [6.45, 7) is 7.94. The zero-order chi connectivity index (χ0) is 17.2. The van der Waals surface area contributed by atoms with Gasteiger partial charge < -0.3 is 5.11 Å². The Bertz CT molecular complexity index is 509. The first-order valence-corrected chi connectivity index (χ1v) is 9.88. The lowest BCUT2D eigenvalue weighted by Gasteiger charge is -2.43. The lowest BCUT2D eigenvalue weighted by atomic mass is 9.86. The van der Waals surface area contributed by atoms with Crippen LogP contribution in [0, 0.1) is 11.8 Å². The number of likely N-dealkylation sites (N-methyl/N-ethyl adjacent to an activating group) is 1. The predicted molar refractivity (Wildman–Crippen MR) is 88.3 cm³/mol. The van der Waals surface area contributed by atoms with Crippen molar-refractivity contribution in [3.8, 4) is 0 Å². The van der Waals surface area contributed by atoms with Crippen molar-refractivity contribution in [2.75, 3.05) is 26.2 Å². The van der Waals surface area contributed by atoms with Crippen molar-refractivity contribution in [2.45, 2.75) is 52.1 Å². The van der Waals surface area contributed by atoms with Crippen LogP contribution >= 0.6 is 0 Å². The number of piperidine rings is 1. The second-order valence-electron chi connectivity index (χ2n) is 7.16. The maximum absolute atomic E-state index is 12.5. The summed E-state index contributed by atoms with van der Waals surface area (Å²) in [6.07, 6.45) is 2.43. The Hall–Kier alpha value is -0.700. The molecule has 2 unspecified atom stereocenters. The van der Waals surface area contributed by atoms with E-state index in [-0.39, 0.29) is 18.6 Å². The summed E-state index contributed by atoms with van der Waals surface area (Å²) in [5, 5.41) is 8.90. The summed E-state index contributed by atoms with van der Waals surface area (Å²) in [4.78, 5) is 12.7. The minimum Gasteiger partial charge on any atom is -0.480 e. The number of aliphatic carboxylic acids is 1. The third-order valence-corrected chi connectivity index (χ3v) is 6.47. The molecule has 7 nitrogen and oxygen atoms in total. The predicted octanol–water partition coefficient (Wildman–Crippen LogP) is 0.736. The van der Waals surface area contributed by atoms with Gasteiger partial charge in [0.15, 0.2) is 0 Å². The monoisotopic (exact) mass is 347 g/mol. The molecule has 1 heterocycles. The van der Waals surface area contributed by atoms with Crippen molar-refractivity contribution in [2.24, 2.45) is 11.8 Å². The van der Waals surface area contributed by atoms with Crippen molar-refractivity contribution in [3.63, 3.8) is 0 Å². The molecule has 2 fully saturated rings. The van der Waals surface area contributed by atoms with Gasteiger partial charge in [-0.05, 0) is 37.6 Å². The zero-order valence-corrected chi connectivity index (χ0v) is 15.1. The van der Waals surface area contributed by atoms with Gasteiger partial charge >= 0.3 is 5.97 Å². The Balaban J connectivity index is 1.85. The van der Waals surface area contributed by atoms with Gasteiger partial charge in [0.25, 0.3) is 10.2 Å². The lowest BCUT2D eigenvalue weighted by molar-refractivity contribution is -0.139. The minimum atomic E-state index is -3.44. The molecule has 134 valence electrons. The molecule has 1 aliphatic carbocycles. The first-order chi connectivity index (χ1) is 10.7. The van der Waals surface area contributed by atoms with E-state index in [9.17, 15) is 13.2 Å². The number of nitrogens with one attached hydrogen (secondary N) is 1. The van der Waals surface area contributed by atoms with Crippen LogP contribution in [0.1, 0.15) is 40.0 Å². The molecule has 2 aliphatic rings. The van der Waals surface area contributed by atoms with Gasteiger partial charge in [0, 0.05) is 25.2 Å². The van der Waals surface area contributed by atoms with Crippen molar-refractivity contribution < 1.29 is 18.3 Å². The topological polar surface area (TPSA) is 90.0 Å². The summed E-state index contributed by atoms with van der Waals surface area (Å²) in [5.74, 6) is -0.0709. The van der Waals surface area contributed by atoms with Gasteiger partial charge in [-0.2, -0.15) is 17.4 Å². The average molecular weight is 347 g/mol. The number of carboxylic acids is 1. The Morgan fingerprint density at radius 1 is 1.22 bits per heavy atom. The van der Waals surface area contributed by atoms with Crippen molar-refractivity contribution in [1.82, 2.24) is 13.9 Å². The van der Waals surface area contributed by atoms with E-state index in [2.05, 4.69) is 18.6 Å². The lowest BCUT2D eigenvalue weighted by Crippen LogP contribution is -2.58. The van der Waals surface area contributed by atoms with E-state index >= 15 is 0 Å². The number of carbonyl (C=O) groups is 1. The molecular formula is C15H29N3O4S. The highest BCUT2D eigenvalue weighted by molar-refractivity contribution is 7.87. The van der Waals surface area contributed by atoms with Crippen LogP contribution in [0.5, 0.6) is 0 Å². The van der Waals surface area contributed by atoms with E-state index in [0.29, 0.717) is 44.3 Å². The highest BCUT2D eigenvalue weighted by atomic mass is 32.2. The van der Waals surface area contributed by atoms with Gasteiger partial charge in [-0.1, -0.05) is 20.8 Å². The van der Waals surface area contributed by atoms with Gasteiger partial charge in [0.05, 0.1) is 6.54 Å². The fourth-order valence-electron chi connectivity index (χ4n) is 3.74. The third-order valence-electron chi connectivity index (χ3n) is 4.86. The minimum absolute atomic E-state index is 0.0157. The maximum atomic E-state index is 12.5. The molecule has 2 atom stereocenters. The maximum Gasteiger partial charge on any atom is 0.317 e. The standard InChI is InChI=1S/C15H29N3O4S/c1-4-17(10-15(19)20)14-6-13(7-14)16-23(21,22)18-8-11(2)5-12(3)9-18/h11-14,16H,4-10H2,1-3H3,(H,19,20). The van der Waals surface area contributed by atoms with E-state index in [4.69, 9.17) is 5.11 Å². The van der Waals surface area contributed by atoms with Gasteiger partial charge in [-0.15, -0.1) is 0 Å². The Kier molecular flexibility index (Phi) is 6.05. The van der Waals surface area contributed by atoms with Crippen LogP contribution in [0.4, 0.5) is 0 Å². The average Bonchev–Trinajstić information content (AvgIpc) is 2.39. The first kappa shape index (κ1) is 18.6. The summed E-state index contributed by atoms with van der Waals surface area (Å²) >= 11 is 0. The molecular weight excluding hydrogens is 318 g/mol. The largest absolute Gasteiger partial charge is 0.480 e. The smallest absolute Gasteiger partial charge is 0.317 e. The third kappa shape index (κ3) is 4.89. The molecule has 0 amide bonds. The SMILES string of the molecule is CCN(CC(=O)O)C1CC(NS(=O)(=O)N2CC(C)CC(C)C2)C1. The zero-order valence-electron chi connectivity index (χ0n) is 14.2. The highest BCUT2D eigenvalue weighted by Gasteiger charge is 2.38. The van der Waals surface area contributed by atoms with Gasteiger partial charge in [0.2, 0.25) is 0 Å². The molecule has 1 aliphatic heterocycles. The van der Waals surface area contributed by atoms with Crippen molar-refractivity contribution >= 4 is 16.2 Å². The highest BCUT2D eigenvalue weighted by Crippen LogP contribution is 2.28. The van der Waals surface area contributed by atoms with Crippen LogP contribution in [0.3, 0.4) is 0 Å². The van der Waals surface area contributed by atoms with Crippen molar-refractivity contribution in [1.29, 1.82) is 0 Å². The fourth-order valence-corrected chi connectivity index (χ4v) is 5.41. The molecule has 0 aromatic carbocycles. The molecule has 0 spiro atoms. The quantitative estimate of drug-likeness (QED) is 0.709. The molecule has 2 N–H and O–H groups in total. The molecule has 23 heavy (non-hydrogen) atoms. The fraction of sp³-hybridized carbons (Fsp3) is 0.933. The van der Waals surface area contributed by atoms with E-state index in [1.54, 1.807) is 4.31 Å². The molecule has 0 radical (unpaired) electrons. The number of carboxylic acid groups (broad SMARTS) is 1. The van der Waals surface area contributed by atoms with Gasteiger partial charge in [-0.3, -0.25) is 9.69 Å². The van der Waals surface area contributed by atoms with Crippen LogP contribution in [-0.4, -0.2) is 67.0 Å². The Labute approximate surface area is 139 Å². The number of hydrogen-bond acceptors (Lipinski definition) is 4. The number of rotatable bonds is 7. The Morgan fingerprint density at radius 2 is 1.78 bits per heavy atom. The molecule has 0 aromatic rings. The van der Waals surface area contributed by atoms with E-state index in [1.165, 1.54) is 0 Å². The second kappa shape index (κ2) is 7.46. The summed E-state index contributed by atoms with van der Waals surface area (Å²) in [6, 6.07) is 0.0726. The number of nitrogens with zero attached hydrogens (tertiary/aromatic N) is 2. The Morgan fingerprint density at radius 3 is 2.26 bits per heavy atom. The second-order valence-corrected chi connectivity index (χ2v) is 8.87. The van der Waals surface area contributed by atoms with Gasteiger partial charge in [-0.25, -0.2) is 0 Å². The van der Waals surface area contributed by atoms with Crippen LogP contribution in [0.15, 0.2) is 0 Å². The van der Waals surface area contributed by atoms with E-state index in [0.717, 1.165) is 6.42 Å². The van der Waals surface area contributed by atoms with Gasteiger partial charge in [0.1, 0.15) is 0 Å². The molecule has 8 heteroatoms. The van der Waals surface area contributed by atoms with Crippen LogP contribution in [0.2, 0.25) is 0 Å². The summed E-state index contributed by atoms with van der Waals surface area (Å²) in [7, 11) is -3.44. The molecule has 1 saturated carbocycles. The first-order valence-electron chi connectivity index (χ1n) is 8.44. The van der Waals surface area contributed by atoms with E-state index < -0.39 is 16.2 Å². The summed E-state index contributed by atoms with van der Waals surface area (Å²) in [5.41, 5.74) is 0. The summed E-state index contributed by atoms with van der Waals surface area (Å²) < 4.78 is 29.4. The molecule has 2 rings (SSSR count). The van der Waals surface area contributed by atoms with Crippen LogP contribution < -0.4 is 4.72 Å². The van der Waals surface area contributed by atoms with Crippen LogP contribution in [-0.2, 0) is 15.0 Å².